The number of hydrogen-bond acceptors (Lipinski definition) is 4. The van der Waals surface area contributed by atoms with Crippen LogP contribution in [0, 0.1) is 5.92 Å². The zero-order valence-electron chi connectivity index (χ0n) is 8.53. The van der Waals surface area contributed by atoms with Crippen LogP contribution in [0.15, 0.2) is 6.20 Å². The van der Waals surface area contributed by atoms with Crippen LogP contribution in [0.1, 0.15) is 12.8 Å². The molecule has 1 aromatic heterocycles. The van der Waals surface area contributed by atoms with Gasteiger partial charge in [-0.15, -0.1) is 5.10 Å². The zero-order chi connectivity index (χ0) is 9.80. The lowest BCUT2D eigenvalue weighted by Gasteiger charge is -2.23. The van der Waals surface area contributed by atoms with Gasteiger partial charge in [0.25, 0.3) is 0 Å². The zero-order valence-corrected chi connectivity index (χ0v) is 8.53. The summed E-state index contributed by atoms with van der Waals surface area (Å²) in [5, 5.41) is 14.5. The first-order valence-corrected chi connectivity index (χ1v) is 5.15. The van der Waals surface area contributed by atoms with Crippen LogP contribution in [0.3, 0.4) is 0 Å². The highest BCUT2D eigenvalue weighted by Crippen LogP contribution is 2.11. The first-order valence-electron chi connectivity index (χ1n) is 5.15. The second-order valence-electron chi connectivity index (χ2n) is 3.84. The number of piperidine rings is 1. The number of anilines is 1. The van der Waals surface area contributed by atoms with Gasteiger partial charge >= 0.3 is 0 Å². The Balaban J connectivity index is 1.79. The molecule has 0 spiro atoms. The Morgan fingerprint density at radius 2 is 2.64 bits per heavy atom. The fraction of sp³-hybridized carbons (Fsp3) is 0.778. The molecule has 2 rings (SSSR count). The Labute approximate surface area is 83.9 Å². The Kier molecular flexibility index (Phi) is 2.98. The van der Waals surface area contributed by atoms with Gasteiger partial charge in [0.15, 0.2) is 0 Å². The van der Waals surface area contributed by atoms with Gasteiger partial charge < -0.3 is 10.6 Å². The average Bonchev–Trinajstić information content (AvgIpc) is 2.63. The van der Waals surface area contributed by atoms with E-state index in [1.807, 2.05) is 7.05 Å². The summed E-state index contributed by atoms with van der Waals surface area (Å²) in [5.74, 6) is 1.73. The molecule has 1 saturated heterocycles. The first kappa shape index (κ1) is 9.45. The maximum atomic E-state index is 3.87. The minimum atomic E-state index is 0.735. The van der Waals surface area contributed by atoms with Gasteiger partial charge in [-0.1, -0.05) is 5.21 Å². The molecule has 0 aliphatic carbocycles. The van der Waals surface area contributed by atoms with Crippen LogP contribution in [0.4, 0.5) is 5.82 Å². The maximum absolute atomic E-state index is 3.87. The highest BCUT2D eigenvalue weighted by Gasteiger charge is 2.12. The van der Waals surface area contributed by atoms with Gasteiger partial charge in [-0.05, 0) is 31.8 Å². The van der Waals surface area contributed by atoms with E-state index in [0.29, 0.717) is 0 Å². The maximum Gasteiger partial charge on any atom is 0.144 e. The SMILES string of the molecule is Cn1nncc1NCC1CCCNC1. The van der Waals surface area contributed by atoms with Crippen molar-refractivity contribution in [3.63, 3.8) is 0 Å². The number of aromatic nitrogens is 3. The minimum absolute atomic E-state index is 0.735. The second-order valence-corrected chi connectivity index (χ2v) is 3.84. The quantitative estimate of drug-likeness (QED) is 0.725. The van der Waals surface area contributed by atoms with Gasteiger partial charge in [0.2, 0.25) is 0 Å². The van der Waals surface area contributed by atoms with Gasteiger partial charge in [0, 0.05) is 13.6 Å². The summed E-state index contributed by atoms with van der Waals surface area (Å²) in [6.07, 6.45) is 4.36. The molecule has 0 bridgehead atoms. The highest BCUT2D eigenvalue weighted by molar-refractivity contribution is 5.30. The third-order valence-corrected chi connectivity index (χ3v) is 2.69. The molecular formula is C9H17N5. The Bertz CT molecular complexity index is 276. The van der Waals surface area contributed by atoms with Crippen LogP contribution >= 0.6 is 0 Å². The summed E-state index contributed by atoms with van der Waals surface area (Å²) in [6, 6.07) is 0. The molecule has 2 heterocycles. The normalized spacial score (nSPS) is 22.2. The molecule has 0 amide bonds. The van der Waals surface area contributed by atoms with Gasteiger partial charge in [-0.2, -0.15) is 0 Å². The van der Waals surface area contributed by atoms with E-state index in [9.17, 15) is 0 Å². The molecule has 0 saturated carbocycles. The van der Waals surface area contributed by atoms with Crippen LogP contribution in [0.5, 0.6) is 0 Å². The van der Waals surface area contributed by atoms with E-state index in [4.69, 9.17) is 0 Å². The molecular weight excluding hydrogens is 178 g/mol. The molecule has 2 N–H and O–H groups in total. The van der Waals surface area contributed by atoms with Crippen molar-refractivity contribution in [1.29, 1.82) is 0 Å². The van der Waals surface area contributed by atoms with Crippen molar-refractivity contribution < 1.29 is 0 Å². The van der Waals surface area contributed by atoms with Gasteiger partial charge in [0.05, 0.1) is 6.20 Å². The summed E-state index contributed by atoms with van der Waals surface area (Å²) in [7, 11) is 1.90. The van der Waals surface area contributed by atoms with Gasteiger partial charge in [-0.3, -0.25) is 0 Å². The van der Waals surface area contributed by atoms with Crippen molar-refractivity contribution in [2.45, 2.75) is 12.8 Å². The van der Waals surface area contributed by atoms with Crippen molar-refractivity contribution >= 4 is 5.82 Å². The number of nitrogens with one attached hydrogen (secondary N) is 2. The third-order valence-electron chi connectivity index (χ3n) is 2.69. The Morgan fingerprint density at radius 1 is 1.71 bits per heavy atom. The molecule has 1 unspecified atom stereocenters. The van der Waals surface area contributed by atoms with Crippen molar-refractivity contribution in [3.05, 3.63) is 6.20 Å². The molecule has 5 nitrogen and oxygen atoms in total. The topological polar surface area (TPSA) is 54.8 Å². The number of rotatable bonds is 3. The monoisotopic (exact) mass is 195 g/mol. The summed E-state index contributed by atoms with van der Waals surface area (Å²) in [6.45, 7) is 3.30. The van der Waals surface area contributed by atoms with E-state index in [2.05, 4.69) is 20.9 Å². The fourth-order valence-corrected chi connectivity index (χ4v) is 1.80. The predicted octanol–water partition coefficient (Wildman–Crippen LogP) is 0.227. The molecule has 0 aromatic carbocycles. The van der Waals surface area contributed by atoms with E-state index in [-0.39, 0.29) is 0 Å². The van der Waals surface area contributed by atoms with Crippen LogP contribution in [0.2, 0.25) is 0 Å². The number of aryl methyl sites for hydroxylation is 1. The second kappa shape index (κ2) is 4.41. The molecule has 1 atom stereocenters. The Hall–Kier alpha value is -1.10. The third kappa shape index (κ3) is 2.23. The molecule has 5 heteroatoms. The summed E-state index contributed by atoms with van der Waals surface area (Å²) in [5.41, 5.74) is 0. The Morgan fingerprint density at radius 3 is 3.29 bits per heavy atom. The highest BCUT2D eigenvalue weighted by atomic mass is 15.4. The first-order chi connectivity index (χ1) is 6.86. The van der Waals surface area contributed by atoms with Crippen LogP contribution in [-0.2, 0) is 7.05 Å². The summed E-state index contributed by atoms with van der Waals surface area (Å²) >= 11 is 0. The van der Waals surface area contributed by atoms with E-state index in [0.717, 1.165) is 24.8 Å². The van der Waals surface area contributed by atoms with Crippen molar-refractivity contribution in [2.75, 3.05) is 25.0 Å². The average molecular weight is 195 g/mol. The van der Waals surface area contributed by atoms with E-state index in [1.165, 1.54) is 19.4 Å². The van der Waals surface area contributed by atoms with Crippen molar-refractivity contribution in [3.8, 4) is 0 Å². The van der Waals surface area contributed by atoms with E-state index < -0.39 is 0 Å². The molecule has 14 heavy (non-hydrogen) atoms. The van der Waals surface area contributed by atoms with Crippen molar-refractivity contribution in [2.24, 2.45) is 13.0 Å². The standard InChI is InChI=1S/C9H17N5/c1-14-9(7-12-13-14)11-6-8-3-2-4-10-5-8/h7-8,10-11H,2-6H2,1H3. The van der Waals surface area contributed by atoms with Crippen LogP contribution in [-0.4, -0.2) is 34.6 Å². The van der Waals surface area contributed by atoms with Crippen LogP contribution < -0.4 is 10.6 Å². The molecule has 1 aromatic rings. The van der Waals surface area contributed by atoms with E-state index >= 15 is 0 Å². The molecule has 78 valence electrons. The smallest absolute Gasteiger partial charge is 0.144 e. The summed E-state index contributed by atoms with van der Waals surface area (Å²) < 4.78 is 1.76. The predicted molar refractivity (Wildman–Crippen MR) is 55.1 cm³/mol. The lowest BCUT2D eigenvalue weighted by atomic mass is 10.00. The molecule has 1 aliphatic rings. The van der Waals surface area contributed by atoms with Gasteiger partial charge in [0.1, 0.15) is 5.82 Å². The molecule has 1 aliphatic heterocycles. The largest absolute Gasteiger partial charge is 0.369 e. The van der Waals surface area contributed by atoms with E-state index in [1.54, 1.807) is 10.9 Å². The lowest BCUT2D eigenvalue weighted by molar-refractivity contribution is 0.392. The minimum Gasteiger partial charge on any atom is -0.369 e. The lowest BCUT2D eigenvalue weighted by Crippen LogP contribution is -2.33. The number of nitrogens with zero attached hydrogens (tertiary/aromatic N) is 3. The molecule has 1 fully saturated rings. The summed E-state index contributed by atoms with van der Waals surface area (Å²) in [4.78, 5) is 0. The number of hydrogen-bond donors (Lipinski definition) is 2. The van der Waals surface area contributed by atoms with Gasteiger partial charge in [-0.25, -0.2) is 4.68 Å². The van der Waals surface area contributed by atoms with Crippen molar-refractivity contribution in [1.82, 2.24) is 20.3 Å². The fourth-order valence-electron chi connectivity index (χ4n) is 1.80. The van der Waals surface area contributed by atoms with Crippen LogP contribution in [0.25, 0.3) is 0 Å². The molecule has 0 radical (unpaired) electrons.